The zero-order valence-electron chi connectivity index (χ0n) is 12.2. The molecule has 0 aliphatic rings. The van der Waals surface area contributed by atoms with Gasteiger partial charge in [-0.3, -0.25) is 4.57 Å². The highest BCUT2D eigenvalue weighted by Gasteiger charge is 2.16. The van der Waals surface area contributed by atoms with E-state index in [1.54, 1.807) is 23.3 Å². The lowest BCUT2D eigenvalue weighted by molar-refractivity contribution is 0.499. The third-order valence-electron chi connectivity index (χ3n) is 3.11. The van der Waals surface area contributed by atoms with Crippen LogP contribution < -0.4 is 4.90 Å². The van der Waals surface area contributed by atoms with Crippen molar-refractivity contribution < 1.29 is 0 Å². The number of hydrogen-bond acceptors (Lipinski definition) is 5. The Morgan fingerprint density at radius 3 is 2.60 bits per heavy atom. The number of halogens is 1. The molecule has 0 amide bonds. The number of rotatable bonds is 5. The van der Waals surface area contributed by atoms with Gasteiger partial charge in [-0.1, -0.05) is 13.8 Å². The van der Waals surface area contributed by atoms with Crippen LogP contribution in [0.5, 0.6) is 0 Å². The van der Waals surface area contributed by atoms with Crippen molar-refractivity contribution in [1.29, 1.82) is 0 Å². The summed E-state index contributed by atoms with van der Waals surface area (Å²) < 4.78 is 1.71. The number of aromatic nitrogens is 5. The maximum Gasteiger partial charge on any atom is 0.241 e. The molecule has 0 N–H and O–H groups in total. The summed E-state index contributed by atoms with van der Waals surface area (Å²) >= 11 is 6.00. The molecule has 0 aliphatic heterocycles. The summed E-state index contributed by atoms with van der Waals surface area (Å²) in [4.78, 5) is 18.8. The monoisotopic (exact) mass is 294 g/mol. The highest BCUT2D eigenvalue weighted by Crippen LogP contribution is 2.17. The summed E-state index contributed by atoms with van der Waals surface area (Å²) in [6.07, 6.45) is 6.13. The molecule has 0 bridgehead atoms. The largest absolute Gasteiger partial charge is 0.341 e. The molecule has 1 unspecified atom stereocenters. The Balaban J connectivity index is 2.28. The van der Waals surface area contributed by atoms with Gasteiger partial charge in [-0.2, -0.15) is 15.0 Å². The smallest absolute Gasteiger partial charge is 0.241 e. The van der Waals surface area contributed by atoms with Crippen LogP contribution in [0.15, 0.2) is 18.7 Å². The number of hydrogen-bond donors (Lipinski definition) is 0. The Hall–Kier alpha value is -1.69. The van der Waals surface area contributed by atoms with Crippen LogP contribution in [-0.2, 0) is 0 Å². The van der Waals surface area contributed by atoms with Crippen molar-refractivity contribution in [3.63, 3.8) is 0 Å². The lowest BCUT2D eigenvalue weighted by Gasteiger charge is -2.26. The fourth-order valence-electron chi connectivity index (χ4n) is 2.02. The topological polar surface area (TPSA) is 59.7 Å². The van der Waals surface area contributed by atoms with Crippen molar-refractivity contribution in [2.45, 2.75) is 33.2 Å². The molecule has 0 spiro atoms. The molecule has 7 heteroatoms. The van der Waals surface area contributed by atoms with Gasteiger partial charge in [0.15, 0.2) is 0 Å². The molecule has 6 nitrogen and oxygen atoms in total. The Morgan fingerprint density at radius 2 is 2.00 bits per heavy atom. The van der Waals surface area contributed by atoms with Crippen LogP contribution in [0.2, 0.25) is 5.28 Å². The van der Waals surface area contributed by atoms with Crippen molar-refractivity contribution in [2.75, 3.05) is 11.9 Å². The first kappa shape index (κ1) is 14.7. The van der Waals surface area contributed by atoms with Gasteiger partial charge < -0.3 is 4.90 Å². The van der Waals surface area contributed by atoms with Crippen LogP contribution in [0, 0.1) is 5.92 Å². The second-order valence-corrected chi connectivity index (χ2v) is 5.60. The van der Waals surface area contributed by atoms with Gasteiger partial charge in [-0.15, -0.1) is 0 Å². The van der Waals surface area contributed by atoms with Gasteiger partial charge in [0.05, 0.1) is 0 Å². The van der Waals surface area contributed by atoms with Gasteiger partial charge in [-0.25, -0.2) is 4.98 Å². The summed E-state index contributed by atoms with van der Waals surface area (Å²) in [5.74, 6) is 1.65. The van der Waals surface area contributed by atoms with E-state index in [4.69, 9.17) is 11.6 Å². The summed E-state index contributed by atoms with van der Waals surface area (Å²) in [5, 5.41) is 0.183. The van der Waals surface area contributed by atoms with Crippen LogP contribution in [0.25, 0.3) is 5.95 Å². The first-order valence-electron chi connectivity index (χ1n) is 6.60. The summed E-state index contributed by atoms with van der Waals surface area (Å²) in [7, 11) is 1.97. The van der Waals surface area contributed by atoms with Crippen molar-refractivity contribution in [1.82, 2.24) is 24.5 Å². The fourth-order valence-corrected chi connectivity index (χ4v) is 2.17. The third-order valence-corrected chi connectivity index (χ3v) is 3.28. The Morgan fingerprint density at radius 1 is 1.25 bits per heavy atom. The first-order valence-corrected chi connectivity index (χ1v) is 6.98. The van der Waals surface area contributed by atoms with E-state index in [1.165, 1.54) is 0 Å². The molecule has 2 heterocycles. The quantitative estimate of drug-likeness (QED) is 0.848. The summed E-state index contributed by atoms with van der Waals surface area (Å²) in [6.45, 7) is 6.54. The van der Waals surface area contributed by atoms with Crippen LogP contribution in [0.4, 0.5) is 5.95 Å². The van der Waals surface area contributed by atoms with Crippen molar-refractivity contribution in [3.8, 4) is 5.95 Å². The molecule has 0 fully saturated rings. The van der Waals surface area contributed by atoms with Gasteiger partial charge >= 0.3 is 0 Å². The minimum absolute atomic E-state index is 0.183. The zero-order chi connectivity index (χ0) is 14.7. The molecule has 2 aromatic rings. The van der Waals surface area contributed by atoms with Gasteiger partial charge in [0.2, 0.25) is 17.2 Å². The SMILES string of the molecule is CC(C)CC(C)N(C)c1nc(Cl)nc(-n2ccnc2)n1. The van der Waals surface area contributed by atoms with E-state index in [-0.39, 0.29) is 5.28 Å². The van der Waals surface area contributed by atoms with Crippen LogP contribution >= 0.6 is 11.6 Å². The molecule has 108 valence electrons. The standard InChI is InChI=1S/C13H19ClN6/c1-9(2)7-10(3)19(4)12-16-11(14)17-13(18-12)20-6-5-15-8-20/h5-6,8-10H,7H2,1-4H3. The molecule has 0 radical (unpaired) electrons. The van der Waals surface area contributed by atoms with Crippen LogP contribution in [-0.4, -0.2) is 37.6 Å². The molecule has 0 aromatic carbocycles. The van der Waals surface area contributed by atoms with Gasteiger partial charge in [0.25, 0.3) is 0 Å². The fraction of sp³-hybridized carbons (Fsp3) is 0.538. The molecule has 2 aromatic heterocycles. The molecule has 0 saturated carbocycles. The highest BCUT2D eigenvalue weighted by atomic mass is 35.5. The molecular weight excluding hydrogens is 276 g/mol. The molecule has 20 heavy (non-hydrogen) atoms. The molecule has 0 aliphatic carbocycles. The van der Waals surface area contributed by atoms with Gasteiger partial charge in [-0.05, 0) is 30.9 Å². The second kappa shape index (κ2) is 6.17. The summed E-state index contributed by atoms with van der Waals surface area (Å²) in [5.41, 5.74) is 0. The first-order chi connectivity index (χ1) is 9.47. The van der Waals surface area contributed by atoms with E-state index in [1.807, 2.05) is 11.9 Å². The maximum atomic E-state index is 6.00. The molecular formula is C13H19ClN6. The van der Waals surface area contributed by atoms with E-state index in [9.17, 15) is 0 Å². The van der Waals surface area contributed by atoms with Crippen LogP contribution in [0.1, 0.15) is 27.2 Å². The van der Waals surface area contributed by atoms with E-state index in [0.29, 0.717) is 23.9 Å². The zero-order valence-corrected chi connectivity index (χ0v) is 12.9. The minimum atomic E-state index is 0.183. The molecule has 1 atom stereocenters. The van der Waals surface area contributed by atoms with E-state index in [0.717, 1.165) is 6.42 Å². The van der Waals surface area contributed by atoms with Gasteiger partial charge in [0.1, 0.15) is 6.33 Å². The van der Waals surface area contributed by atoms with Crippen molar-refractivity contribution in [3.05, 3.63) is 24.0 Å². The van der Waals surface area contributed by atoms with Crippen molar-refractivity contribution in [2.24, 2.45) is 5.92 Å². The molecule has 0 saturated heterocycles. The Bertz CT molecular complexity index is 554. The van der Waals surface area contributed by atoms with Crippen molar-refractivity contribution >= 4 is 17.5 Å². The van der Waals surface area contributed by atoms with E-state index < -0.39 is 0 Å². The Labute approximate surface area is 123 Å². The van der Waals surface area contributed by atoms with E-state index in [2.05, 4.69) is 40.7 Å². The predicted molar refractivity (Wildman–Crippen MR) is 79.3 cm³/mol. The lowest BCUT2D eigenvalue weighted by atomic mass is 10.0. The minimum Gasteiger partial charge on any atom is -0.341 e. The highest BCUT2D eigenvalue weighted by molar-refractivity contribution is 6.28. The predicted octanol–water partition coefficient (Wildman–Crippen LogP) is 2.58. The number of anilines is 1. The Kier molecular flexibility index (Phi) is 4.54. The van der Waals surface area contributed by atoms with E-state index >= 15 is 0 Å². The maximum absolute atomic E-state index is 6.00. The average Bonchev–Trinajstić information content (AvgIpc) is 2.90. The normalized spacial score (nSPS) is 12.7. The summed E-state index contributed by atoms with van der Waals surface area (Å²) in [6, 6.07) is 0.323. The lowest BCUT2D eigenvalue weighted by Crippen LogP contribution is -2.32. The average molecular weight is 295 g/mol. The molecule has 2 rings (SSSR count). The van der Waals surface area contributed by atoms with Crippen LogP contribution in [0.3, 0.4) is 0 Å². The van der Waals surface area contributed by atoms with Gasteiger partial charge in [0, 0.05) is 25.5 Å². The number of imidazole rings is 1. The second-order valence-electron chi connectivity index (χ2n) is 5.26. The number of nitrogens with zero attached hydrogens (tertiary/aromatic N) is 6. The third kappa shape index (κ3) is 3.45.